The van der Waals surface area contributed by atoms with Crippen molar-refractivity contribution in [2.75, 3.05) is 13.1 Å². The molecular formula is C15H23N3O3. The molecule has 1 aromatic heterocycles. The number of ether oxygens (including phenoxy) is 1. The molecule has 0 radical (unpaired) electrons. The molecule has 0 unspecified atom stereocenters. The molecule has 1 aromatic rings. The normalized spacial score (nSPS) is 16.8. The van der Waals surface area contributed by atoms with Gasteiger partial charge in [-0.3, -0.25) is 9.36 Å². The Morgan fingerprint density at radius 1 is 1.29 bits per heavy atom. The fraction of sp³-hybridized carbons (Fsp3) is 0.667. The van der Waals surface area contributed by atoms with Crippen LogP contribution in [0.3, 0.4) is 0 Å². The summed E-state index contributed by atoms with van der Waals surface area (Å²) in [5.41, 5.74) is -0.467. The molecule has 0 atom stereocenters. The van der Waals surface area contributed by atoms with Gasteiger partial charge in [0, 0.05) is 31.9 Å². The summed E-state index contributed by atoms with van der Waals surface area (Å²) in [6.07, 6.45) is 6.69. The van der Waals surface area contributed by atoms with Gasteiger partial charge in [-0.25, -0.2) is 9.78 Å². The van der Waals surface area contributed by atoms with E-state index in [1.807, 2.05) is 20.8 Å². The minimum atomic E-state index is -0.467. The molecule has 0 aliphatic carbocycles. The van der Waals surface area contributed by atoms with E-state index in [2.05, 4.69) is 4.98 Å². The first kappa shape index (κ1) is 15.5. The van der Waals surface area contributed by atoms with Crippen LogP contribution in [-0.4, -0.2) is 45.1 Å². The number of carbonyl (C=O) groups excluding carboxylic acids is 2. The summed E-state index contributed by atoms with van der Waals surface area (Å²) in [4.78, 5) is 29.6. The fourth-order valence-corrected chi connectivity index (χ4v) is 2.41. The van der Waals surface area contributed by atoms with Gasteiger partial charge in [0.2, 0.25) is 5.91 Å². The topological polar surface area (TPSA) is 64.4 Å². The number of hydrogen-bond acceptors (Lipinski definition) is 4. The van der Waals surface area contributed by atoms with Crippen LogP contribution in [0.2, 0.25) is 0 Å². The van der Waals surface area contributed by atoms with E-state index < -0.39 is 5.60 Å². The van der Waals surface area contributed by atoms with Crippen molar-refractivity contribution < 1.29 is 14.3 Å². The van der Waals surface area contributed by atoms with Gasteiger partial charge in [0.05, 0.1) is 0 Å². The second-order valence-corrected chi connectivity index (χ2v) is 6.48. The summed E-state index contributed by atoms with van der Waals surface area (Å²) in [6.45, 7) is 6.89. The summed E-state index contributed by atoms with van der Waals surface area (Å²) >= 11 is 0. The van der Waals surface area contributed by atoms with E-state index >= 15 is 0 Å². The molecule has 2 heterocycles. The van der Waals surface area contributed by atoms with Gasteiger partial charge in [-0.2, -0.15) is 0 Å². The van der Waals surface area contributed by atoms with E-state index in [1.165, 1.54) is 10.9 Å². The molecule has 21 heavy (non-hydrogen) atoms. The number of nitrogens with zero attached hydrogens (tertiary/aromatic N) is 3. The standard InChI is InChI=1S/C15H23N3O3/c1-15(2,3)21-14(20)17-7-4-12(5-8-17)10-13(19)18-9-6-16-11-18/h6,9,11-12H,4-5,7-8,10H2,1-3H3. The number of rotatable bonds is 2. The predicted octanol–water partition coefficient (Wildman–Crippen LogP) is 2.56. The summed E-state index contributed by atoms with van der Waals surface area (Å²) in [6, 6.07) is 0. The zero-order valence-electron chi connectivity index (χ0n) is 12.9. The number of imidazole rings is 1. The van der Waals surface area contributed by atoms with Gasteiger partial charge in [-0.05, 0) is 39.5 Å². The Balaban J connectivity index is 1.78. The van der Waals surface area contributed by atoms with Crippen LogP contribution in [0.4, 0.5) is 4.79 Å². The number of carbonyl (C=O) groups is 2. The molecule has 1 aliphatic rings. The summed E-state index contributed by atoms with van der Waals surface area (Å²) in [5.74, 6) is 0.377. The second-order valence-electron chi connectivity index (χ2n) is 6.48. The number of amides is 1. The molecule has 1 amide bonds. The largest absolute Gasteiger partial charge is 0.444 e. The van der Waals surface area contributed by atoms with E-state index in [4.69, 9.17) is 4.74 Å². The third kappa shape index (κ3) is 4.58. The maximum Gasteiger partial charge on any atom is 0.410 e. The number of hydrogen-bond donors (Lipinski definition) is 0. The van der Waals surface area contributed by atoms with Gasteiger partial charge < -0.3 is 9.64 Å². The summed E-state index contributed by atoms with van der Waals surface area (Å²) < 4.78 is 6.87. The minimum Gasteiger partial charge on any atom is -0.444 e. The van der Waals surface area contributed by atoms with Crippen LogP contribution in [0, 0.1) is 5.92 Å². The third-order valence-electron chi connectivity index (χ3n) is 3.52. The number of aromatic nitrogens is 2. The molecule has 0 bridgehead atoms. The van der Waals surface area contributed by atoms with Gasteiger partial charge >= 0.3 is 6.09 Å². The summed E-state index contributed by atoms with van der Waals surface area (Å²) in [5, 5.41) is 0. The van der Waals surface area contributed by atoms with Gasteiger partial charge in [0.25, 0.3) is 0 Å². The lowest BCUT2D eigenvalue weighted by Crippen LogP contribution is -2.42. The van der Waals surface area contributed by atoms with E-state index in [0.29, 0.717) is 25.4 Å². The highest BCUT2D eigenvalue weighted by molar-refractivity contribution is 5.78. The van der Waals surface area contributed by atoms with Crippen LogP contribution >= 0.6 is 0 Å². The lowest BCUT2D eigenvalue weighted by Gasteiger charge is -2.33. The average molecular weight is 293 g/mol. The van der Waals surface area contributed by atoms with Gasteiger partial charge in [-0.15, -0.1) is 0 Å². The highest BCUT2D eigenvalue weighted by atomic mass is 16.6. The molecular weight excluding hydrogens is 270 g/mol. The van der Waals surface area contributed by atoms with Gasteiger partial charge in [-0.1, -0.05) is 0 Å². The molecule has 0 spiro atoms. The summed E-state index contributed by atoms with van der Waals surface area (Å²) in [7, 11) is 0. The van der Waals surface area contributed by atoms with E-state index in [1.54, 1.807) is 17.3 Å². The second kappa shape index (κ2) is 6.28. The molecule has 6 heteroatoms. The van der Waals surface area contributed by atoms with E-state index in [0.717, 1.165) is 12.8 Å². The van der Waals surface area contributed by atoms with Crippen molar-refractivity contribution in [1.82, 2.24) is 14.5 Å². The Morgan fingerprint density at radius 2 is 1.95 bits per heavy atom. The Hall–Kier alpha value is -1.85. The Bertz CT molecular complexity index is 483. The maximum absolute atomic E-state index is 12.0. The smallest absolute Gasteiger partial charge is 0.410 e. The predicted molar refractivity (Wildman–Crippen MR) is 78.0 cm³/mol. The first-order valence-electron chi connectivity index (χ1n) is 7.34. The van der Waals surface area contributed by atoms with Crippen molar-refractivity contribution in [2.45, 2.75) is 45.6 Å². The zero-order chi connectivity index (χ0) is 15.5. The molecule has 6 nitrogen and oxygen atoms in total. The van der Waals surface area contributed by atoms with Crippen molar-refractivity contribution in [2.24, 2.45) is 5.92 Å². The first-order chi connectivity index (χ1) is 9.85. The third-order valence-corrected chi connectivity index (χ3v) is 3.52. The van der Waals surface area contributed by atoms with Crippen molar-refractivity contribution >= 4 is 12.0 Å². The minimum absolute atomic E-state index is 0.0585. The van der Waals surface area contributed by atoms with Crippen molar-refractivity contribution in [3.8, 4) is 0 Å². The SMILES string of the molecule is CC(C)(C)OC(=O)N1CCC(CC(=O)n2ccnc2)CC1. The Morgan fingerprint density at radius 3 is 2.48 bits per heavy atom. The Labute approximate surface area is 125 Å². The maximum atomic E-state index is 12.0. The van der Waals surface area contributed by atoms with Crippen LogP contribution in [0.25, 0.3) is 0 Å². The van der Waals surface area contributed by atoms with Crippen LogP contribution in [-0.2, 0) is 4.74 Å². The highest BCUT2D eigenvalue weighted by Crippen LogP contribution is 2.22. The molecule has 0 saturated carbocycles. The molecule has 1 fully saturated rings. The Kier molecular flexibility index (Phi) is 4.65. The number of likely N-dealkylation sites (tertiary alicyclic amines) is 1. The average Bonchev–Trinajstić information content (AvgIpc) is 2.91. The van der Waals surface area contributed by atoms with E-state index in [9.17, 15) is 9.59 Å². The fourth-order valence-electron chi connectivity index (χ4n) is 2.41. The van der Waals surface area contributed by atoms with Crippen molar-refractivity contribution in [3.63, 3.8) is 0 Å². The molecule has 0 N–H and O–H groups in total. The lowest BCUT2D eigenvalue weighted by molar-refractivity contribution is 0.0182. The van der Waals surface area contributed by atoms with E-state index in [-0.39, 0.29) is 12.0 Å². The van der Waals surface area contributed by atoms with Crippen LogP contribution in [0.1, 0.15) is 44.8 Å². The molecule has 116 valence electrons. The quantitative estimate of drug-likeness (QED) is 0.840. The molecule has 1 saturated heterocycles. The molecule has 0 aromatic carbocycles. The van der Waals surface area contributed by atoms with Crippen molar-refractivity contribution in [3.05, 3.63) is 18.7 Å². The number of piperidine rings is 1. The van der Waals surface area contributed by atoms with Gasteiger partial charge in [0.15, 0.2) is 0 Å². The lowest BCUT2D eigenvalue weighted by atomic mass is 9.93. The molecule has 2 rings (SSSR count). The van der Waals surface area contributed by atoms with Crippen LogP contribution < -0.4 is 0 Å². The van der Waals surface area contributed by atoms with Crippen molar-refractivity contribution in [1.29, 1.82) is 0 Å². The van der Waals surface area contributed by atoms with Gasteiger partial charge in [0.1, 0.15) is 11.9 Å². The first-order valence-corrected chi connectivity index (χ1v) is 7.34. The zero-order valence-corrected chi connectivity index (χ0v) is 12.9. The monoisotopic (exact) mass is 293 g/mol. The van der Waals surface area contributed by atoms with Crippen LogP contribution in [0.15, 0.2) is 18.7 Å². The van der Waals surface area contributed by atoms with Crippen LogP contribution in [0.5, 0.6) is 0 Å². The molecule has 1 aliphatic heterocycles. The highest BCUT2D eigenvalue weighted by Gasteiger charge is 2.27.